The first-order chi connectivity index (χ1) is 8.75. The second-order valence-corrected chi connectivity index (χ2v) is 4.45. The minimum Gasteiger partial charge on any atom is -0.356 e. The van der Waals surface area contributed by atoms with Gasteiger partial charge in [-0.1, -0.05) is 0 Å². The summed E-state index contributed by atoms with van der Waals surface area (Å²) in [6, 6.07) is 1.78. The molecule has 0 bridgehead atoms. The van der Waals surface area contributed by atoms with Crippen LogP contribution in [0, 0.1) is 0 Å². The number of carbonyl (C=O) groups excluding carboxylic acids is 2. The third-order valence-electron chi connectivity index (χ3n) is 3.01. The number of amides is 2. The summed E-state index contributed by atoms with van der Waals surface area (Å²) in [6.07, 6.45) is 4.39. The Labute approximate surface area is 106 Å². The van der Waals surface area contributed by atoms with Gasteiger partial charge in [0.15, 0.2) is 0 Å². The summed E-state index contributed by atoms with van der Waals surface area (Å²) < 4.78 is 0. The van der Waals surface area contributed by atoms with Gasteiger partial charge in [-0.25, -0.2) is 0 Å². The van der Waals surface area contributed by atoms with Crippen molar-refractivity contribution >= 4 is 11.8 Å². The highest BCUT2D eigenvalue weighted by atomic mass is 16.2. The molecule has 1 aliphatic rings. The molecule has 0 atom stereocenters. The van der Waals surface area contributed by atoms with E-state index in [1.54, 1.807) is 12.3 Å². The Morgan fingerprint density at radius 1 is 1.56 bits per heavy atom. The van der Waals surface area contributed by atoms with E-state index in [2.05, 4.69) is 15.5 Å². The van der Waals surface area contributed by atoms with Crippen LogP contribution in [0.1, 0.15) is 25.0 Å². The van der Waals surface area contributed by atoms with Crippen molar-refractivity contribution < 1.29 is 9.59 Å². The zero-order valence-corrected chi connectivity index (χ0v) is 10.3. The van der Waals surface area contributed by atoms with Crippen molar-refractivity contribution in [2.75, 3.05) is 19.6 Å². The van der Waals surface area contributed by atoms with Crippen molar-refractivity contribution in [3.63, 3.8) is 0 Å². The lowest BCUT2D eigenvalue weighted by Gasteiger charge is -2.15. The first-order valence-corrected chi connectivity index (χ1v) is 6.28. The normalized spacial score (nSPS) is 15.1. The maximum atomic E-state index is 11.5. The van der Waals surface area contributed by atoms with E-state index in [0.717, 1.165) is 31.6 Å². The van der Waals surface area contributed by atoms with E-state index < -0.39 is 0 Å². The van der Waals surface area contributed by atoms with Crippen LogP contribution in [0.3, 0.4) is 0 Å². The van der Waals surface area contributed by atoms with E-state index in [1.165, 1.54) is 0 Å². The molecule has 0 aliphatic carbocycles. The lowest BCUT2D eigenvalue weighted by molar-refractivity contribution is -0.127. The smallest absolute Gasteiger partial charge is 0.225 e. The van der Waals surface area contributed by atoms with Crippen molar-refractivity contribution in [2.24, 2.45) is 0 Å². The van der Waals surface area contributed by atoms with Crippen LogP contribution in [-0.4, -0.2) is 46.5 Å². The van der Waals surface area contributed by atoms with Crippen molar-refractivity contribution in [3.05, 3.63) is 18.0 Å². The molecule has 98 valence electrons. The van der Waals surface area contributed by atoms with Crippen LogP contribution < -0.4 is 5.32 Å². The molecule has 2 rings (SSSR count). The summed E-state index contributed by atoms with van der Waals surface area (Å²) in [5.74, 6) is 0.214. The third kappa shape index (κ3) is 3.58. The highest BCUT2D eigenvalue weighted by Gasteiger charge is 2.18. The number of rotatable bonds is 6. The van der Waals surface area contributed by atoms with Gasteiger partial charge in [0.05, 0.1) is 6.42 Å². The van der Waals surface area contributed by atoms with Crippen LogP contribution in [0.25, 0.3) is 0 Å². The van der Waals surface area contributed by atoms with Gasteiger partial charge in [-0.2, -0.15) is 5.10 Å². The highest BCUT2D eigenvalue weighted by Crippen LogP contribution is 2.09. The van der Waals surface area contributed by atoms with Crippen LogP contribution in [0.4, 0.5) is 0 Å². The number of aromatic nitrogens is 2. The number of hydrogen-bond acceptors (Lipinski definition) is 3. The number of H-pyrrole nitrogens is 1. The average Bonchev–Trinajstić information content (AvgIpc) is 2.97. The van der Waals surface area contributed by atoms with Gasteiger partial charge in [0.2, 0.25) is 11.8 Å². The van der Waals surface area contributed by atoms with Crippen LogP contribution in [0.15, 0.2) is 12.3 Å². The second kappa shape index (κ2) is 6.18. The Bertz CT molecular complexity index is 402. The summed E-state index contributed by atoms with van der Waals surface area (Å²) in [4.78, 5) is 24.7. The standard InChI is InChI=1S/C12H18N4O2/c17-11(9-10-4-6-14-15-10)13-5-2-8-16-7-1-3-12(16)18/h4,6H,1-3,5,7-9H2,(H,13,17)(H,14,15). The number of aromatic amines is 1. The van der Waals surface area contributed by atoms with Gasteiger partial charge in [0.1, 0.15) is 0 Å². The minimum absolute atomic E-state index is 0.0213. The predicted octanol–water partition coefficient (Wildman–Crippen LogP) is 0.0809. The van der Waals surface area contributed by atoms with Gasteiger partial charge in [-0.3, -0.25) is 14.7 Å². The minimum atomic E-state index is -0.0213. The first-order valence-electron chi connectivity index (χ1n) is 6.28. The number of nitrogens with one attached hydrogen (secondary N) is 2. The number of nitrogens with zero attached hydrogens (tertiary/aromatic N) is 2. The third-order valence-corrected chi connectivity index (χ3v) is 3.01. The van der Waals surface area contributed by atoms with Gasteiger partial charge >= 0.3 is 0 Å². The molecule has 0 spiro atoms. The summed E-state index contributed by atoms with van der Waals surface area (Å²) in [5, 5.41) is 9.36. The SMILES string of the molecule is O=C(Cc1ccn[nH]1)NCCCN1CCCC1=O. The van der Waals surface area contributed by atoms with E-state index in [0.29, 0.717) is 19.4 Å². The quantitative estimate of drug-likeness (QED) is 0.702. The summed E-state index contributed by atoms with van der Waals surface area (Å²) in [5.41, 5.74) is 0.808. The largest absolute Gasteiger partial charge is 0.356 e. The van der Waals surface area contributed by atoms with E-state index in [-0.39, 0.29) is 11.8 Å². The Balaban J connectivity index is 1.57. The summed E-state index contributed by atoms with van der Waals surface area (Å²) in [6.45, 7) is 2.21. The molecule has 1 fully saturated rings. The van der Waals surface area contributed by atoms with E-state index in [1.807, 2.05) is 4.90 Å². The molecule has 6 nitrogen and oxygen atoms in total. The van der Waals surface area contributed by atoms with Crippen molar-refractivity contribution in [3.8, 4) is 0 Å². The number of carbonyl (C=O) groups is 2. The van der Waals surface area contributed by atoms with Gasteiger partial charge in [0, 0.05) is 37.9 Å². The number of likely N-dealkylation sites (tertiary alicyclic amines) is 1. The Morgan fingerprint density at radius 3 is 3.11 bits per heavy atom. The molecule has 2 heterocycles. The maximum Gasteiger partial charge on any atom is 0.225 e. The fraction of sp³-hybridized carbons (Fsp3) is 0.583. The lowest BCUT2D eigenvalue weighted by Crippen LogP contribution is -2.31. The molecule has 1 aromatic heterocycles. The monoisotopic (exact) mass is 250 g/mol. The van der Waals surface area contributed by atoms with Crippen LogP contribution in [0.2, 0.25) is 0 Å². The zero-order chi connectivity index (χ0) is 12.8. The van der Waals surface area contributed by atoms with Crippen LogP contribution in [-0.2, 0) is 16.0 Å². The van der Waals surface area contributed by atoms with Gasteiger partial charge < -0.3 is 10.2 Å². The van der Waals surface area contributed by atoms with Crippen LogP contribution >= 0.6 is 0 Å². The number of hydrogen-bond donors (Lipinski definition) is 2. The van der Waals surface area contributed by atoms with Crippen LogP contribution in [0.5, 0.6) is 0 Å². The zero-order valence-electron chi connectivity index (χ0n) is 10.3. The highest BCUT2D eigenvalue weighted by molar-refractivity contribution is 5.78. The molecule has 0 saturated carbocycles. The van der Waals surface area contributed by atoms with Crippen molar-refractivity contribution in [2.45, 2.75) is 25.7 Å². The first kappa shape index (κ1) is 12.6. The second-order valence-electron chi connectivity index (χ2n) is 4.45. The summed E-state index contributed by atoms with van der Waals surface area (Å²) in [7, 11) is 0. The Hall–Kier alpha value is -1.85. The van der Waals surface area contributed by atoms with Gasteiger partial charge in [-0.15, -0.1) is 0 Å². The summed E-state index contributed by atoms with van der Waals surface area (Å²) >= 11 is 0. The molecule has 2 N–H and O–H groups in total. The molecular weight excluding hydrogens is 232 g/mol. The van der Waals surface area contributed by atoms with Crippen molar-refractivity contribution in [1.29, 1.82) is 0 Å². The average molecular weight is 250 g/mol. The fourth-order valence-electron chi connectivity index (χ4n) is 2.06. The fourth-order valence-corrected chi connectivity index (χ4v) is 2.06. The van der Waals surface area contributed by atoms with E-state index in [4.69, 9.17) is 0 Å². The Kier molecular flexibility index (Phi) is 4.33. The topological polar surface area (TPSA) is 78.1 Å². The molecule has 6 heteroatoms. The van der Waals surface area contributed by atoms with E-state index in [9.17, 15) is 9.59 Å². The molecule has 1 aliphatic heterocycles. The van der Waals surface area contributed by atoms with Gasteiger partial charge in [0.25, 0.3) is 0 Å². The van der Waals surface area contributed by atoms with Crippen molar-refractivity contribution in [1.82, 2.24) is 20.4 Å². The lowest BCUT2D eigenvalue weighted by atomic mass is 10.3. The van der Waals surface area contributed by atoms with E-state index >= 15 is 0 Å². The molecule has 0 aromatic carbocycles. The molecule has 18 heavy (non-hydrogen) atoms. The molecule has 2 amide bonds. The maximum absolute atomic E-state index is 11.5. The van der Waals surface area contributed by atoms with Gasteiger partial charge in [-0.05, 0) is 18.9 Å². The molecule has 0 unspecified atom stereocenters. The molecule has 0 radical (unpaired) electrons. The molecule has 1 saturated heterocycles. The predicted molar refractivity (Wildman–Crippen MR) is 65.7 cm³/mol. The molecular formula is C12H18N4O2. The molecule has 1 aromatic rings. The Morgan fingerprint density at radius 2 is 2.44 bits per heavy atom.